The highest BCUT2D eigenvalue weighted by Crippen LogP contribution is 2.41. The fourth-order valence-corrected chi connectivity index (χ4v) is 1.72. The molecule has 0 unspecified atom stereocenters. The number of fused-ring (bicyclic) bond motifs is 1. The van der Waals surface area contributed by atoms with Crippen molar-refractivity contribution in [2.45, 2.75) is 12.8 Å². The number of rotatable bonds is 3. The van der Waals surface area contributed by atoms with E-state index in [1.165, 1.54) is 6.07 Å². The van der Waals surface area contributed by atoms with Crippen LogP contribution >= 0.6 is 11.6 Å². The number of ether oxygens (including phenoxy) is 2. The molecule has 0 aromatic heterocycles. The summed E-state index contributed by atoms with van der Waals surface area (Å²) in [5.41, 5.74) is 0.155. The molecule has 0 spiro atoms. The van der Waals surface area contributed by atoms with Crippen molar-refractivity contribution in [2.75, 3.05) is 6.79 Å². The van der Waals surface area contributed by atoms with Gasteiger partial charge in [-0.2, -0.15) is 0 Å². The van der Waals surface area contributed by atoms with E-state index in [4.69, 9.17) is 26.2 Å². The van der Waals surface area contributed by atoms with Crippen LogP contribution in [0, 0.1) is 5.82 Å². The molecule has 0 atom stereocenters. The quantitative estimate of drug-likeness (QED) is 0.889. The third kappa shape index (κ3) is 1.90. The number of hydrogen-bond donors (Lipinski definition) is 1. The average Bonchev–Trinajstić information content (AvgIpc) is 2.65. The second-order valence-corrected chi connectivity index (χ2v) is 3.69. The van der Waals surface area contributed by atoms with Crippen molar-refractivity contribution in [1.82, 2.24) is 0 Å². The van der Waals surface area contributed by atoms with Gasteiger partial charge < -0.3 is 14.6 Å². The molecule has 0 saturated heterocycles. The molecule has 1 aromatic rings. The van der Waals surface area contributed by atoms with Crippen molar-refractivity contribution in [1.29, 1.82) is 0 Å². The molecule has 6 heteroatoms. The summed E-state index contributed by atoms with van der Waals surface area (Å²) in [5, 5.41) is 8.46. The minimum atomic E-state index is -1.01. The normalized spacial score (nSPS) is 12.9. The summed E-state index contributed by atoms with van der Waals surface area (Å²) in [4.78, 5) is 10.4. The van der Waals surface area contributed by atoms with Gasteiger partial charge in [0, 0.05) is 18.1 Å². The van der Waals surface area contributed by atoms with Crippen molar-refractivity contribution in [2.24, 2.45) is 0 Å². The van der Waals surface area contributed by atoms with E-state index < -0.39 is 11.8 Å². The zero-order valence-corrected chi connectivity index (χ0v) is 8.88. The van der Waals surface area contributed by atoms with Crippen molar-refractivity contribution < 1.29 is 23.8 Å². The van der Waals surface area contributed by atoms with Crippen LogP contribution in [0.15, 0.2) is 6.07 Å². The van der Waals surface area contributed by atoms with Crippen LogP contribution in [0.2, 0.25) is 5.02 Å². The van der Waals surface area contributed by atoms with E-state index >= 15 is 0 Å². The summed E-state index contributed by atoms with van der Waals surface area (Å²) in [6, 6.07) is 1.32. The lowest BCUT2D eigenvalue weighted by Gasteiger charge is -2.07. The Morgan fingerprint density at radius 1 is 1.56 bits per heavy atom. The van der Waals surface area contributed by atoms with Crippen LogP contribution in [0.5, 0.6) is 11.5 Å². The Balaban J connectivity index is 2.38. The van der Waals surface area contributed by atoms with Gasteiger partial charge in [-0.25, -0.2) is 4.39 Å². The molecule has 1 aliphatic heterocycles. The third-order valence-electron chi connectivity index (χ3n) is 2.24. The highest BCUT2D eigenvalue weighted by molar-refractivity contribution is 6.31. The van der Waals surface area contributed by atoms with Crippen molar-refractivity contribution in [3.05, 3.63) is 22.5 Å². The fourth-order valence-electron chi connectivity index (χ4n) is 1.51. The molecule has 1 heterocycles. The Hall–Kier alpha value is -1.49. The first-order chi connectivity index (χ1) is 7.59. The van der Waals surface area contributed by atoms with Crippen molar-refractivity contribution >= 4 is 17.6 Å². The van der Waals surface area contributed by atoms with Crippen LogP contribution in [-0.2, 0) is 11.2 Å². The Kier molecular flexibility index (Phi) is 2.87. The SMILES string of the molecule is O=C(O)CCc1c(F)c(Cl)cc2c1OCO2. The maximum atomic E-state index is 13.6. The van der Waals surface area contributed by atoms with E-state index in [0.717, 1.165) is 0 Å². The molecule has 1 aromatic carbocycles. The van der Waals surface area contributed by atoms with E-state index in [0.29, 0.717) is 5.75 Å². The molecule has 0 bridgehead atoms. The van der Waals surface area contributed by atoms with Gasteiger partial charge in [0.2, 0.25) is 6.79 Å². The van der Waals surface area contributed by atoms with E-state index in [1.54, 1.807) is 0 Å². The number of aliphatic carboxylic acids is 1. The topological polar surface area (TPSA) is 55.8 Å². The minimum Gasteiger partial charge on any atom is -0.481 e. The Labute approximate surface area is 95.5 Å². The molecule has 0 amide bonds. The number of benzene rings is 1. The first-order valence-electron chi connectivity index (χ1n) is 4.58. The first-order valence-corrected chi connectivity index (χ1v) is 4.95. The maximum Gasteiger partial charge on any atom is 0.303 e. The summed E-state index contributed by atoms with van der Waals surface area (Å²) in [6.07, 6.45) is -0.166. The predicted molar refractivity (Wildman–Crippen MR) is 53.5 cm³/mol. The second kappa shape index (κ2) is 4.17. The molecule has 1 aliphatic rings. The van der Waals surface area contributed by atoms with E-state index in [1.807, 2.05) is 0 Å². The van der Waals surface area contributed by atoms with Gasteiger partial charge >= 0.3 is 5.97 Å². The zero-order chi connectivity index (χ0) is 11.7. The number of carbonyl (C=O) groups is 1. The number of halogens is 2. The standard InChI is InChI=1S/C10H8ClFO4/c11-6-3-7-10(16-4-15-7)5(9(6)12)1-2-8(13)14/h3H,1-2,4H2,(H,13,14). The monoisotopic (exact) mass is 246 g/mol. The summed E-state index contributed by atoms with van der Waals surface area (Å²) in [5.74, 6) is -1.05. The van der Waals surface area contributed by atoms with Gasteiger partial charge in [0.15, 0.2) is 11.5 Å². The van der Waals surface area contributed by atoms with Gasteiger partial charge in [-0.05, 0) is 6.42 Å². The summed E-state index contributed by atoms with van der Waals surface area (Å²) < 4.78 is 23.8. The van der Waals surface area contributed by atoms with E-state index in [9.17, 15) is 9.18 Å². The second-order valence-electron chi connectivity index (χ2n) is 3.28. The lowest BCUT2D eigenvalue weighted by molar-refractivity contribution is -0.136. The van der Waals surface area contributed by atoms with Crippen LogP contribution in [0.4, 0.5) is 4.39 Å². The molecule has 86 valence electrons. The van der Waals surface area contributed by atoms with E-state index in [2.05, 4.69) is 0 Å². The molecule has 0 fully saturated rings. The third-order valence-corrected chi connectivity index (χ3v) is 2.51. The molecule has 1 N–H and O–H groups in total. The molecule has 0 saturated carbocycles. The number of carboxylic acid groups (broad SMARTS) is 1. The Morgan fingerprint density at radius 2 is 2.31 bits per heavy atom. The molecular formula is C10H8ClFO4. The Bertz CT molecular complexity index is 447. The molecule has 16 heavy (non-hydrogen) atoms. The fraction of sp³-hybridized carbons (Fsp3) is 0.300. The van der Waals surface area contributed by atoms with Crippen molar-refractivity contribution in [3.63, 3.8) is 0 Å². The lowest BCUT2D eigenvalue weighted by atomic mass is 10.1. The highest BCUT2D eigenvalue weighted by Gasteiger charge is 2.24. The number of hydrogen-bond acceptors (Lipinski definition) is 3. The van der Waals surface area contributed by atoms with Gasteiger partial charge in [0.05, 0.1) is 5.02 Å². The summed E-state index contributed by atoms with van der Waals surface area (Å²) >= 11 is 5.65. The van der Waals surface area contributed by atoms with Gasteiger partial charge in [-0.15, -0.1) is 0 Å². The highest BCUT2D eigenvalue weighted by atomic mass is 35.5. The molecule has 0 aliphatic carbocycles. The first kappa shape index (κ1) is 11.0. The molecular weight excluding hydrogens is 239 g/mol. The predicted octanol–water partition coefficient (Wildman–Crippen LogP) is 2.22. The zero-order valence-electron chi connectivity index (χ0n) is 8.13. The molecule has 2 rings (SSSR count). The lowest BCUT2D eigenvalue weighted by Crippen LogP contribution is -2.01. The smallest absolute Gasteiger partial charge is 0.303 e. The Morgan fingerprint density at radius 3 is 3.00 bits per heavy atom. The van der Waals surface area contributed by atoms with Crippen LogP contribution in [0.25, 0.3) is 0 Å². The minimum absolute atomic E-state index is 0.00477. The van der Waals surface area contributed by atoms with Gasteiger partial charge in [-0.1, -0.05) is 11.6 Å². The van der Waals surface area contributed by atoms with Crippen LogP contribution in [-0.4, -0.2) is 17.9 Å². The largest absolute Gasteiger partial charge is 0.481 e. The van der Waals surface area contributed by atoms with Crippen LogP contribution in [0.3, 0.4) is 0 Å². The number of carboxylic acids is 1. The molecule has 4 nitrogen and oxygen atoms in total. The summed E-state index contributed by atoms with van der Waals surface area (Å²) in [6.45, 7) is -0.00477. The molecule has 0 radical (unpaired) electrons. The van der Waals surface area contributed by atoms with Gasteiger partial charge in [0.1, 0.15) is 5.82 Å². The van der Waals surface area contributed by atoms with Crippen molar-refractivity contribution in [3.8, 4) is 11.5 Å². The van der Waals surface area contributed by atoms with Crippen LogP contribution in [0.1, 0.15) is 12.0 Å². The average molecular weight is 247 g/mol. The van der Waals surface area contributed by atoms with Crippen LogP contribution < -0.4 is 9.47 Å². The maximum absolute atomic E-state index is 13.6. The summed E-state index contributed by atoms with van der Waals surface area (Å²) in [7, 11) is 0. The van der Waals surface area contributed by atoms with Gasteiger partial charge in [0.25, 0.3) is 0 Å². The van der Waals surface area contributed by atoms with E-state index in [-0.39, 0.29) is 36.0 Å². The van der Waals surface area contributed by atoms with Gasteiger partial charge in [-0.3, -0.25) is 4.79 Å².